The minimum absolute atomic E-state index is 0.334. The molecule has 1 heteroatoms. The fourth-order valence-corrected chi connectivity index (χ4v) is 1.25. The molecule has 80 valence electrons. The minimum Gasteiger partial charge on any atom is -0.300 e. The predicted molar refractivity (Wildman–Crippen MR) is 63.5 cm³/mol. The lowest BCUT2D eigenvalue weighted by molar-refractivity contribution is 0.251. The first-order valence-corrected chi connectivity index (χ1v) is 4.68. The molecule has 1 saturated heterocycles. The molecule has 0 radical (unpaired) electrons. The van der Waals surface area contributed by atoms with Gasteiger partial charge in [0.05, 0.1) is 6.85 Å². The normalized spacial score (nSPS) is 37.7. The summed E-state index contributed by atoms with van der Waals surface area (Å²) >= 11 is 0. The van der Waals surface area contributed by atoms with Crippen LogP contribution >= 0.6 is 0 Å². The molecule has 1 unspecified atom stereocenters. The van der Waals surface area contributed by atoms with Crippen molar-refractivity contribution in [1.29, 1.82) is 0 Å². The Morgan fingerprint density at radius 3 is 3.00 bits per heavy atom. The molecule has 0 aromatic carbocycles. The Hall–Kier alpha value is -0.560. The van der Waals surface area contributed by atoms with Gasteiger partial charge in [0, 0.05) is 16.1 Å². The molecular formula is C13H23N. The van der Waals surface area contributed by atoms with Gasteiger partial charge < -0.3 is 0 Å². The highest BCUT2D eigenvalue weighted by atomic mass is 15.1. The molecule has 0 bridgehead atoms. The fraction of sp³-hybridized carbons (Fsp3) is 0.692. The zero-order valence-corrected chi connectivity index (χ0v) is 8.06. The van der Waals surface area contributed by atoms with Gasteiger partial charge in [-0.15, -0.1) is 6.53 Å². The van der Waals surface area contributed by atoms with Gasteiger partial charge in [0.25, 0.3) is 0 Å². The van der Waals surface area contributed by atoms with Crippen LogP contribution in [-0.4, -0.2) is 24.5 Å². The summed E-state index contributed by atoms with van der Waals surface area (Å²) in [7, 11) is 0. The molecule has 1 nitrogen and oxygen atoms in total. The smallest absolute Gasteiger partial charge is 0.0586 e. The molecule has 1 aliphatic heterocycles. The third-order valence-electron chi connectivity index (χ3n) is 1.91. The van der Waals surface area contributed by atoms with Crippen LogP contribution in [-0.2, 0) is 0 Å². The zero-order valence-electron chi connectivity index (χ0n) is 20.1. The van der Waals surface area contributed by atoms with E-state index in [-0.39, 0.29) is 0 Å². The van der Waals surface area contributed by atoms with E-state index in [2.05, 4.69) is 0 Å². The summed E-state index contributed by atoms with van der Waals surface area (Å²) in [5.74, 6) is 0. The lowest BCUT2D eigenvalue weighted by atomic mass is 10.1. The first kappa shape index (κ1) is 3.21. The molecule has 1 aliphatic rings. The van der Waals surface area contributed by atoms with E-state index in [9.17, 15) is 0 Å². The van der Waals surface area contributed by atoms with Gasteiger partial charge >= 0.3 is 0 Å². The summed E-state index contributed by atoms with van der Waals surface area (Å²) in [6.45, 7) is -2.94. The highest BCUT2D eigenvalue weighted by Crippen LogP contribution is 2.08. The average molecular weight is 205 g/mol. The summed E-state index contributed by atoms with van der Waals surface area (Å²) in [4.78, 5) is 1.30. The van der Waals surface area contributed by atoms with Crippen LogP contribution < -0.4 is 0 Å². The molecule has 0 amide bonds. The number of likely N-dealkylation sites (tertiary alicyclic amines) is 1. The number of rotatable bonds is 6. The van der Waals surface area contributed by atoms with E-state index in [0.29, 0.717) is 25.9 Å². The minimum atomic E-state index is -3.26. The van der Waals surface area contributed by atoms with Crippen LogP contribution in [0.25, 0.3) is 0 Å². The maximum atomic E-state index is 8.09. The Labute approximate surface area is 105 Å². The van der Waals surface area contributed by atoms with Gasteiger partial charge in [-0.05, 0) is 45.1 Å². The summed E-state index contributed by atoms with van der Waals surface area (Å²) in [5.41, 5.74) is 0. The standard InChI is InChI=1S/C13H23N/c1-2-3-4-5-6-8-11-14-12-9-7-10-13-14/h2,6,8H,1,3-5,7,9-13H2/b8-6+/i1D2,2D,3D,4D2,5D2,6D,8D,11D2. The highest BCUT2D eigenvalue weighted by Gasteiger charge is 2.06. The molecule has 1 atom stereocenters. The van der Waals surface area contributed by atoms with Gasteiger partial charge in [-0.2, -0.15) is 0 Å². The molecule has 1 heterocycles. The predicted octanol–water partition coefficient (Wildman–Crippen LogP) is 3.38. The van der Waals surface area contributed by atoms with Crippen molar-refractivity contribution in [3.8, 4) is 0 Å². The Morgan fingerprint density at radius 1 is 1.36 bits per heavy atom. The number of hydrogen-bond donors (Lipinski definition) is 0. The van der Waals surface area contributed by atoms with E-state index in [0.717, 1.165) is 6.42 Å². The molecule has 14 heavy (non-hydrogen) atoms. The van der Waals surface area contributed by atoms with Crippen LogP contribution in [0, 0.1) is 0 Å². The number of nitrogens with zero attached hydrogens (tertiary/aromatic N) is 1. The summed E-state index contributed by atoms with van der Waals surface area (Å²) in [5, 5.41) is 0. The van der Waals surface area contributed by atoms with Crippen molar-refractivity contribution in [2.24, 2.45) is 0 Å². The van der Waals surface area contributed by atoms with Gasteiger partial charge in [0.15, 0.2) is 0 Å². The van der Waals surface area contributed by atoms with Gasteiger partial charge in [0.1, 0.15) is 0 Å². The second-order valence-corrected chi connectivity index (χ2v) is 2.97. The van der Waals surface area contributed by atoms with E-state index in [1.54, 1.807) is 0 Å². The van der Waals surface area contributed by atoms with Crippen molar-refractivity contribution in [3.05, 3.63) is 24.7 Å². The van der Waals surface area contributed by atoms with Crippen molar-refractivity contribution in [2.45, 2.75) is 38.4 Å². The van der Waals surface area contributed by atoms with Gasteiger partial charge in [-0.3, -0.25) is 4.90 Å². The third kappa shape index (κ3) is 5.23. The molecule has 0 saturated carbocycles. The van der Waals surface area contributed by atoms with E-state index >= 15 is 0 Å². The fourth-order valence-electron chi connectivity index (χ4n) is 1.25. The van der Waals surface area contributed by atoms with Crippen molar-refractivity contribution >= 4 is 0 Å². The van der Waals surface area contributed by atoms with Crippen LogP contribution in [0.4, 0.5) is 0 Å². The van der Waals surface area contributed by atoms with Gasteiger partial charge in [-0.25, -0.2) is 0 Å². The maximum Gasteiger partial charge on any atom is 0.0586 e. The molecule has 0 aliphatic carbocycles. The quantitative estimate of drug-likeness (QED) is 0.601. The Balaban J connectivity index is 3.30. The zero-order chi connectivity index (χ0) is 20.5. The van der Waals surface area contributed by atoms with Crippen LogP contribution in [0.1, 0.15) is 54.9 Å². The van der Waals surface area contributed by atoms with Crippen LogP contribution in [0.15, 0.2) is 24.7 Å². The van der Waals surface area contributed by atoms with E-state index < -0.39 is 50.3 Å². The van der Waals surface area contributed by atoms with Crippen molar-refractivity contribution < 1.29 is 16.4 Å². The molecule has 0 aromatic rings. The van der Waals surface area contributed by atoms with E-state index in [4.69, 9.17) is 16.4 Å². The Bertz CT molecular complexity index is 572. The van der Waals surface area contributed by atoms with Crippen molar-refractivity contribution in [2.75, 3.05) is 19.6 Å². The molecule has 0 spiro atoms. The first-order valence-electron chi connectivity index (χ1n) is 10.8. The van der Waals surface area contributed by atoms with Gasteiger partial charge in [-0.1, -0.05) is 24.6 Å². The topological polar surface area (TPSA) is 3.24 Å². The van der Waals surface area contributed by atoms with Crippen molar-refractivity contribution in [1.82, 2.24) is 4.90 Å². The second-order valence-electron chi connectivity index (χ2n) is 2.97. The monoisotopic (exact) mass is 205 g/mol. The van der Waals surface area contributed by atoms with Crippen LogP contribution in [0.3, 0.4) is 0 Å². The van der Waals surface area contributed by atoms with Crippen LogP contribution in [0.5, 0.6) is 0 Å². The number of hydrogen-bond acceptors (Lipinski definition) is 1. The SMILES string of the molecule is [2H]C([2H])=C([2H])C([2H])C([2H])([2H])C([2H])([2H])/C([2H])=C(\[2H])C([2H])([2H])N1CCCCC1. The second kappa shape index (κ2) is 7.81. The largest absolute Gasteiger partial charge is 0.300 e. The molecule has 0 N–H and O–H groups in total. The highest BCUT2D eigenvalue weighted by molar-refractivity contribution is 4.86. The van der Waals surface area contributed by atoms with E-state index in [1.807, 2.05) is 0 Å². The lowest BCUT2D eigenvalue weighted by Gasteiger charge is -2.24. The summed E-state index contributed by atoms with van der Waals surface area (Å²) in [6, 6.07) is -3.34. The first-order chi connectivity index (χ1) is 11.7. The summed E-state index contributed by atoms with van der Waals surface area (Å²) in [6.07, 6.45) is -6.43. The van der Waals surface area contributed by atoms with Crippen LogP contribution in [0.2, 0.25) is 0 Å². The van der Waals surface area contributed by atoms with E-state index in [1.165, 1.54) is 4.90 Å². The maximum absolute atomic E-state index is 8.09. The number of allylic oxidation sites excluding steroid dienone is 2. The number of piperidine rings is 1. The molecule has 1 fully saturated rings. The van der Waals surface area contributed by atoms with Crippen molar-refractivity contribution in [3.63, 3.8) is 0 Å². The van der Waals surface area contributed by atoms with Gasteiger partial charge in [0.2, 0.25) is 0 Å². The third-order valence-corrected chi connectivity index (χ3v) is 1.91. The lowest BCUT2D eigenvalue weighted by Crippen LogP contribution is -2.29. The average Bonchev–Trinajstić information content (AvgIpc) is 2.59. The Morgan fingerprint density at radius 2 is 2.21 bits per heavy atom. The molecular weight excluding hydrogens is 170 g/mol. The molecule has 0 aromatic heterocycles. The summed E-state index contributed by atoms with van der Waals surface area (Å²) < 4.78 is 92.7. The molecule has 1 rings (SSSR count). The Kier molecular flexibility index (Phi) is 1.79.